The minimum Gasteiger partial charge on any atom is -0.206 e. The molecule has 0 heterocycles. The number of halogens is 5. The van der Waals surface area contributed by atoms with E-state index in [1.165, 1.54) is 6.07 Å². The number of benzene rings is 4. The Morgan fingerprint density at radius 1 is 0.636 bits per heavy atom. The Morgan fingerprint density at radius 2 is 1.36 bits per heavy atom. The third-order valence-corrected chi connectivity index (χ3v) is 5.74. The van der Waals surface area contributed by atoms with Crippen molar-refractivity contribution in [2.75, 3.05) is 0 Å². The van der Waals surface area contributed by atoms with E-state index in [-0.39, 0.29) is 24.2 Å². The van der Waals surface area contributed by atoms with Crippen molar-refractivity contribution < 1.29 is 22.0 Å². The second kappa shape index (κ2) is 9.57. The van der Waals surface area contributed by atoms with Crippen LogP contribution in [-0.2, 0) is 19.3 Å². The maximum Gasteiger partial charge on any atom is 0.194 e. The van der Waals surface area contributed by atoms with Gasteiger partial charge in [-0.05, 0) is 77.6 Å². The fourth-order valence-electron chi connectivity index (χ4n) is 3.95. The van der Waals surface area contributed by atoms with Crippen LogP contribution in [0.2, 0.25) is 0 Å². The molecule has 0 N–H and O–H groups in total. The molecule has 0 atom stereocenters. The molecule has 4 rings (SSSR count). The van der Waals surface area contributed by atoms with Gasteiger partial charge in [-0.25, -0.2) is 22.0 Å². The summed E-state index contributed by atoms with van der Waals surface area (Å²) >= 11 is 0. The van der Waals surface area contributed by atoms with Gasteiger partial charge in [0.2, 0.25) is 0 Å². The molecular weight excluding hydrogens is 431 g/mol. The lowest BCUT2D eigenvalue weighted by atomic mass is 9.96. The van der Waals surface area contributed by atoms with Crippen molar-refractivity contribution in [1.82, 2.24) is 0 Å². The lowest BCUT2D eigenvalue weighted by Crippen LogP contribution is -1.99. The Morgan fingerprint density at radius 3 is 2.06 bits per heavy atom. The van der Waals surface area contributed by atoms with Crippen LogP contribution in [0.1, 0.15) is 23.1 Å². The van der Waals surface area contributed by atoms with Gasteiger partial charge in [0.15, 0.2) is 17.5 Å². The average molecular weight is 452 g/mol. The van der Waals surface area contributed by atoms with Gasteiger partial charge in [-0.2, -0.15) is 0 Å². The largest absolute Gasteiger partial charge is 0.206 e. The molecule has 0 amide bonds. The Labute approximate surface area is 189 Å². The molecule has 0 saturated carbocycles. The molecule has 0 radical (unpaired) electrons. The van der Waals surface area contributed by atoms with Gasteiger partial charge >= 0.3 is 0 Å². The summed E-state index contributed by atoms with van der Waals surface area (Å²) in [5.41, 5.74) is 2.57. The smallest absolute Gasteiger partial charge is 0.194 e. The predicted octanol–water partition coefficient (Wildman–Crippen LogP) is 8.11. The van der Waals surface area contributed by atoms with E-state index in [1.807, 2.05) is 6.07 Å². The summed E-state index contributed by atoms with van der Waals surface area (Å²) in [5, 5.41) is 0.985. The minimum atomic E-state index is -1.52. The second-order valence-electron chi connectivity index (χ2n) is 7.99. The molecule has 168 valence electrons. The molecule has 0 saturated heterocycles. The zero-order chi connectivity index (χ0) is 23.5. The van der Waals surface area contributed by atoms with E-state index in [9.17, 15) is 17.6 Å². The fraction of sp³-hybridized carbons (Fsp3) is 0.143. The van der Waals surface area contributed by atoms with Crippen LogP contribution < -0.4 is 0 Å². The van der Waals surface area contributed by atoms with Gasteiger partial charge in [0.25, 0.3) is 0 Å². The van der Waals surface area contributed by atoms with Crippen molar-refractivity contribution >= 4 is 10.8 Å². The first-order valence-corrected chi connectivity index (χ1v) is 10.6. The molecule has 0 aliphatic rings. The Balaban J connectivity index is 1.58. The molecule has 5 heteroatoms. The van der Waals surface area contributed by atoms with Crippen LogP contribution in [0.25, 0.3) is 21.9 Å². The number of aryl methyl sites for hydroxylation is 3. The molecule has 0 nitrogen and oxygen atoms in total. The monoisotopic (exact) mass is 452 g/mol. The standard InChI is InChI=1S/C28H21F5/c1-2-3-4-17-6-11-22(24(29)13-17)20-10-12-23-21(16-20)9-8-19(27(23)32)7-5-18-14-25(30)28(33)26(31)15-18/h2,6,8-16H,1,3-5,7H2. The predicted molar refractivity (Wildman–Crippen MR) is 122 cm³/mol. The molecule has 4 aromatic carbocycles. The van der Waals surface area contributed by atoms with E-state index in [4.69, 9.17) is 0 Å². The summed E-state index contributed by atoms with van der Waals surface area (Å²) in [6.07, 6.45) is 3.60. The second-order valence-corrected chi connectivity index (χ2v) is 7.99. The van der Waals surface area contributed by atoms with Crippen LogP contribution >= 0.6 is 0 Å². The number of allylic oxidation sites excluding steroid dienone is 1. The van der Waals surface area contributed by atoms with E-state index >= 15 is 4.39 Å². The molecule has 33 heavy (non-hydrogen) atoms. The summed E-state index contributed by atoms with van der Waals surface area (Å²) in [7, 11) is 0. The number of hydrogen-bond donors (Lipinski definition) is 0. The summed E-state index contributed by atoms with van der Waals surface area (Å²) in [6.45, 7) is 3.67. The zero-order valence-electron chi connectivity index (χ0n) is 17.8. The van der Waals surface area contributed by atoms with Gasteiger partial charge in [-0.15, -0.1) is 6.58 Å². The van der Waals surface area contributed by atoms with E-state index in [1.54, 1.807) is 42.5 Å². The lowest BCUT2D eigenvalue weighted by molar-refractivity contribution is 0.445. The van der Waals surface area contributed by atoms with Gasteiger partial charge in [0.1, 0.15) is 11.6 Å². The fourth-order valence-corrected chi connectivity index (χ4v) is 3.95. The number of hydrogen-bond acceptors (Lipinski definition) is 0. The van der Waals surface area contributed by atoms with Gasteiger partial charge in [0, 0.05) is 10.9 Å². The van der Waals surface area contributed by atoms with E-state index in [2.05, 4.69) is 6.58 Å². The van der Waals surface area contributed by atoms with Crippen LogP contribution in [0, 0.1) is 29.1 Å². The van der Waals surface area contributed by atoms with E-state index < -0.39 is 23.3 Å². The topological polar surface area (TPSA) is 0 Å². The number of rotatable bonds is 7. The zero-order valence-corrected chi connectivity index (χ0v) is 17.8. The molecule has 0 aromatic heterocycles. The normalized spacial score (nSPS) is 11.2. The quantitative estimate of drug-likeness (QED) is 0.151. The molecule has 0 aliphatic carbocycles. The highest BCUT2D eigenvalue weighted by molar-refractivity contribution is 5.88. The molecule has 0 unspecified atom stereocenters. The molecule has 0 aliphatic heterocycles. The summed E-state index contributed by atoms with van der Waals surface area (Å²) in [6, 6.07) is 15.3. The van der Waals surface area contributed by atoms with E-state index in [0.717, 1.165) is 24.1 Å². The van der Waals surface area contributed by atoms with Gasteiger partial charge < -0.3 is 0 Å². The Bertz CT molecular complexity index is 1320. The van der Waals surface area contributed by atoms with Crippen molar-refractivity contribution in [3.8, 4) is 11.1 Å². The highest BCUT2D eigenvalue weighted by Gasteiger charge is 2.13. The summed E-state index contributed by atoms with van der Waals surface area (Å²) < 4.78 is 69.7. The third kappa shape index (κ3) is 4.82. The van der Waals surface area contributed by atoms with Crippen LogP contribution in [-0.4, -0.2) is 0 Å². The van der Waals surface area contributed by atoms with Gasteiger partial charge in [-0.1, -0.05) is 42.5 Å². The van der Waals surface area contributed by atoms with Gasteiger partial charge in [-0.3, -0.25) is 0 Å². The first kappa shape index (κ1) is 22.7. The molecule has 4 aromatic rings. The average Bonchev–Trinajstić information content (AvgIpc) is 2.80. The summed E-state index contributed by atoms with van der Waals surface area (Å²) in [4.78, 5) is 0. The molecule has 0 spiro atoms. The van der Waals surface area contributed by atoms with Crippen molar-refractivity contribution in [2.45, 2.75) is 25.7 Å². The van der Waals surface area contributed by atoms with Crippen LogP contribution in [0.4, 0.5) is 22.0 Å². The van der Waals surface area contributed by atoms with Crippen molar-refractivity contribution in [2.24, 2.45) is 0 Å². The van der Waals surface area contributed by atoms with Crippen molar-refractivity contribution in [3.05, 3.63) is 119 Å². The molecule has 0 fully saturated rings. The molecule has 0 bridgehead atoms. The van der Waals surface area contributed by atoms with Gasteiger partial charge in [0.05, 0.1) is 0 Å². The summed E-state index contributed by atoms with van der Waals surface area (Å²) in [5.74, 6) is -4.83. The number of fused-ring (bicyclic) bond motifs is 1. The SMILES string of the molecule is C=CCCc1ccc(-c2ccc3c(F)c(CCc4cc(F)c(F)c(F)c4)ccc3c2)c(F)c1. The van der Waals surface area contributed by atoms with Crippen molar-refractivity contribution in [3.63, 3.8) is 0 Å². The van der Waals surface area contributed by atoms with Crippen LogP contribution in [0.3, 0.4) is 0 Å². The van der Waals surface area contributed by atoms with Crippen LogP contribution in [0.15, 0.2) is 73.3 Å². The Hall–Kier alpha value is -3.47. The highest BCUT2D eigenvalue weighted by Crippen LogP contribution is 2.30. The minimum absolute atomic E-state index is 0.151. The van der Waals surface area contributed by atoms with Crippen LogP contribution in [0.5, 0.6) is 0 Å². The first-order valence-electron chi connectivity index (χ1n) is 10.6. The highest BCUT2D eigenvalue weighted by atomic mass is 19.2. The first-order chi connectivity index (χ1) is 15.9. The maximum atomic E-state index is 15.1. The molecular formula is C28H21F5. The Kier molecular flexibility index (Phi) is 6.59. The maximum absolute atomic E-state index is 15.1. The third-order valence-electron chi connectivity index (χ3n) is 5.74. The lowest BCUT2D eigenvalue weighted by Gasteiger charge is -2.10. The van der Waals surface area contributed by atoms with E-state index in [0.29, 0.717) is 33.9 Å². The van der Waals surface area contributed by atoms with Crippen molar-refractivity contribution in [1.29, 1.82) is 0 Å².